The SMILES string of the molecule is Cc1ccc2sc3cc(C(=O)[O][BiH2])ccc3c(=O)c2c1. The summed E-state index contributed by atoms with van der Waals surface area (Å²) in [5.41, 5.74) is 1.59. The number of hydrogen-bond acceptors (Lipinski definition) is 4. The summed E-state index contributed by atoms with van der Waals surface area (Å²) in [5, 5.41) is 1.39. The molecule has 3 nitrogen and oxygen atoms in total. The quantitative estimate of drug-likeness (QED) is 0.397. The second-order valence-corrected chi connectivity index (χ2v) is 6.55. The average molecular weight is 480 g/mol. The van der Waals surface area contributed by atoms with Crippen molar-refractivity contribution in [2.24, 2.45) is 0 Å². The Morgan fingerprint density at radius 2 is 1.90 bits per heavy atom. The van der Waals surface area contributed by atoms with Crippen molar-refractivity contribution in [3.8, 4) is 0 Å². The van der Waals surface area contributed by atoms with E-state index in [1.54, 1.807) is 18.2 Å². The van der Waals surface area contributed by atoms with Crippen LogP contribution in [-0.2, 0) is 2.81 Å². The zero-order valence-electron chi connectivity index (χ0n) is 10.7. The van der Waals surface area contributed by atoms with Crippen LogP contribution >= 0.6 is 11.3 Å². The first kappa shape index (κ1) is 13.7. The van der Waals surface area contributed by atoms with Gasteiger partial charge in [0.15, 0.2) is 0 Å². The predicted octanol–water partition coefficient (Wildman–Crippen LogP) is 2.43. The van der Waals surface area contributed by atoms with Crippen LogP contribution in [0.25, 0.3) is 20.2 Å². The van der Waals surface area contributed by atoms with Crippen LogP contribution in [0.5, 0.6) is 0 Å². The molecule has 0 saturated carbocycles. The summed E-state index contributed by atoms with van der Waals surface area (Å²) in [4.78, 5) is 24.1. The van der Waals surface area contributed by atoms with Gasteiger partial charge in [-0.1, -0.05) is 0 Å². The van der Waals surface area contributed by atoms with E-state index in [4.69, 9.17) is 2.81 Å². The number of carbonyl (C=O) groups is 1. The van der Waals surface area contributed by atoms with E-state index < -0.39 is 0 Å². The number of benzene rings is 2. The molecule has 0 atom stereocenters. The number of aryl methyl sites for hydroxylation is 1. The molecule has 100 valence electrons. The van der Waals surface area contributed by atoms with Crippen LogP contribution in [-0.4, -0.2) is 31.1 Å². The van der Waals surface area contributed by atoms with Crippen LogP contribution in [0.4, 0.5) is 0 Å². The van der Waals surface area contributed by atoms with Crippen molar-refractivity contribution in [1.82, 2.24) is 0 Å². The molecule has 0 aliphatic heterocycles. The van der Waals surface area contributed by atoms with E-state index >= 15 is 0 Å². The summed E-state index contributed by atoms with van der Waals surface area (Å²) in [7, 11) is 0. The third kappa shape index (κ3) is 2.25. The van der Waals surface area contributed by atoms with Gasteiger partial charge in [-0.15, -0.1) is 0 Å². The molecule has 0 fully saturated rings. The van der Waals surface area contributed by atoms with Crippen molar-refractivity contribution in [2.75, 3.05) is 0 Å². The molecule has 5 heteroatoms. The second kappa shape index (κ2) is 5.23. The fraction of sp³-hybridized carbons (Fsp3) is 0.0667. The van der Waals surface area contributed by atoms with Crippen LogP contribution in [0, 0.1) is 6.92 Å². The standard InChI is InChI=1S/C15H10O3S.Bi.2H/c1-8-2-5-12-11(6-8)14(16)10-4-3-9(15(17)18)7-13(10)19-12;;;/h2-7H,1H3,(H,17,18);;;/q;+1;;/p-1. The fourth-order valence-electron chi connectivity index (χ4n) is 2.16. The molecule has 0 bridgehead atoms. The van der Waals surface area contributed by atoms with Gasteiger partial charge in [0.25, 0.3) is 0 Å². The van der Waals surface area contributed by atoms with E-state index in [0.717, 1.165) is 20.3 Å². The van der Waals surface area contributed by atoms with Gasteiger partial charge in [-0.05, 0) is 0 Å². The summed E-state index contributed by atoms with van der Waals surface area (Å²) >= 11 is 1.69. The zero-order chi connectivity index (χ0) is 14.3. The molecule has 3 aromatic rings. The molecule has 1 heterocycles. The summed E-state index contributed by atoms with van der Waals surface area (Å²) in [5.74, 6) is -0.319. The Morgan fingerprint density at radius 3 is 2.65 bits per heavy atom. The maximum atomic E-state index is 12.5. The molecule has 1 aromatic heterocycles. The van der Waals surface area contributed by atoms with Gasteiger partial charge in [0.2, 0.25) is 0 Å². The molecule has 0 aliphatic rings. The van der Waals surface area contributed by atoms with Crippen molar-refractivity contribution < 1.29 is 7.61 Å². The summed E-state index contributed by atoms with van der Waals surface area (Å²) < 4.78 is 6.63. The van der Waals surface area contributed by atoms with Crippen LogP contribution in [0.1, 0.15) is 15.9 Å². The minimum atomic E-state index is -0.319. The number of fused-ring (bicyclic) bond motifs is 2. The second-order valence-electron chi connectivity index (χ2n) is 4.55. The maximum absolute atomic E-state index is 12.5. The topological polar surface area (TPSA) is 43.4 Å². The van der Waals surface area contributed by atoms with Crippen LogP contribution in [0.2, 0.25) is 0 Å². The van der Waals surface area contributed by atoms with Crippen molar-refractivity contribution in [1.29, 1.82) is 0 Å². The van der Waals surface area contributed by atoms with E-state index in [1.807, 2.05) is 25.1 Å². The van der Waals surface area contributed by atoms with Gasteiger partial charge in [0.05, 0.1) is 0 Å². The molecular weight excluding hydrogens is 469 g/mol. The Bertz CT molecular complexity index is 899. The van der Waals surface area contributed by atoms with Gasteiger partial charge in [0.1, 0.15) is 0 Å². The van der Waals surface area contributed by atoms with Gasteiger partial charge in [0, 0.05) is 0 Å². The third-order valence-electron chi connectivity index (χ3n) is 3.17. The zero-order valence-corrected chi connectivity index (χ0v) is 16.0. The number of hydrogen-bond donors (Lipinski definition) is 0. The van der Waals surface area contributed by atoms with E-state index in [2.05, 4.69) is 0 Å². The van der Waals surface area contributed by atoms with Crippen molar-refractivity contribution in [2.45, 2.75) is 6.92 Å². The summed E-state index contributed by atoms with van der Waals surface area (Å²) in [6.07, 6.45) is 0. The molecule has 0 radical (unpaired) electrons. The molecule has 0 aliphatic carbocycles. The van der Waals surface area contributed by atoms with E-state index in [1.165, 1.54) is 11.3 Å². The van der Waals surface area contributed by atoms with Crippen molar-refractivity contribution in [3.05, 3.63) is 57.7 Å². The fourth-order valence-corrected chi connectivity index (χ4v) is 3.78. The summed E-state index contributed by atoms with van der Waals surface area (Å²) in [6.45, 7) is 1.97. The molecule has 0 N–H and O–H groups in total. The Hall–Kier alpha value is -1.32. The van der Waals surface area contributed by atoms with Crippen molar-refractivity contribution in [3.63, 3.8) is 0 Å². The Morgan fingerprint density at radius 1 is 1.10 bits per heavy atom. The van der Waals surface area contributed by atoms with Crippen LogP contribution in [0.3, 0.4) is 0 Å². The number of rotatable bonds is 1. The molecule has 0 amide bonds. The normalized spacial score (nSPS) is 10.9. The predicted molar refractivity (Wildman–Crippen MR) is 84.3 cm³/mol. The average Bonchev–Trinajstić information content (AvgIpc) is 2.47. The van der Waals surface area contributed by atoms with Gasteiger partial charge >= 0.3 is 135 Å². The molecular formula is C15H11BiO3S. The van der Waals surface area contributed by atoms with Crippen LogP contribution in [0.15, 0.2) is 41.2 Å². The molecule has 20 heavy (non-hydrogen) atoms. The Balaban J connectivity index is 2.38. The third-order valence-corrected chi connectivity index (χ3v) is 5.13. The van der Waals surface area contributed by atoms with E-state index in [-0.39, 0.29) is 36.6 Å². The van der Waals surface area contributed by atoms with Gasteiger partial charge in [-0.3, -0.25) is 0 Å². The summed E-state index contributed by atoms with van der Waals surface area (Å²) in [6, 6.07) is 11.0. The number of carbonyl (C=O) groups excluding carboxylic acids is 1. The van der Waals surface area contributed by atoms with Gasteiger partial charge in [-0.2, -0.15) is 0 Å². The van der Waals surface area contributed by atoms with Crippen molar-refractivity contribution >= 4 is 62.6 Å². The monoisotopic (exact) mass is 480 g/mol. The first-order valence-corrected chi connectivity index (χ1v) is 8.63. The molecule has 0 spiro atoms. The van der Waals surface area contributed by atoms with E-state index in [9.17, 15) is 9.59 Å². The Labute approximate surface area is 134 Å². The minimum absolute atomic E-state index is 0.0186. The Kier molecular flexibility index (Phi) is 3.57. The van der Waals surface area contributed by atoms with Crippen LogP contribution < -0.4 is 5.43 Å². The molecule has 0 unspecified atom stereocenters. The molecule has 3 rings (SSSR count). The molecule has 0 saturated heterocycles. The first-order chi connectivity index (χ1) is 9.60. The van der Waals surface area contributed by atoms with E-state index in [0.29, 0.717) is 10.9 Å². The van der Waals surface area contributed by atoms with Gasteiger partial charge in [-0.25, -0.2) is 0 Å². The molecule has 2 aromatic carbocycles. The first-order valence-electron chi connectivity index (χ1n) is 5.98. The van der Waals surface area contributed by atoms with Gasteiger partial charge < -0.3 is 0 Å².